The summed E-state index contributed by atoms with van der Waals surface area (Å²) in [6, 6.07) is 22.3. The second kappa shape index (κ2) is 9.88. The van der Waals surface area contributed by atoms with Gasteiger partial charge in [-0.15, -0.1) is 0 Å². The summed E-state index contributed by atoms with van der Waals surface area (Å²) in [5, 5.41) is 9.63. The van der Waals surface area contributed by atoms with Crippen molar-refractivity contribution < 1.29 is 4.79 Å². The van der Waals surface area contributed by atoms with E-state index in [1.165, 1.54) is 10.9 Å². The van der Waals surface area contributed by atoms with Gasteiger partial charge in [-0.25, -0.2) is 5.43 Å². The molecule has 4 heteroatoms. The molecular weight excluding hydrogens is 370 g/mol. The molecule has 0 radical (unpaired) electrons. The maximum atomic E-state index is 12.3. The molecule has 0 aliphatic rings. The number of hydrazone groups is 1. The van der Waals surface area contributed by atoms with E-state index in [-0.39, 0.29) is 5.91 Å². The predicted molar refractivity (Wildman–Crippen MR) is 128 cm³/mol. The van der Waals surface area contributed by atoms with Crippen LogP contribution in [0.4, 0.5) is 5.69 Å². The molecule has 1 amide bonds. The second-order valence-electron chi connectivity index (χ2n) is 7.87. The van der Waals surface area contributed by atoms with Crippen LogP contribution in [0, 0.1) is 0 Å². The van der Waals surface area contributed by atoms with Crippen LogP contribution in [0.5, 0.6) is 0 Å². The van der Waals surface area contributed by atoms with Crippen molar-refractivity contribution in [3.05, 3.63) is 83.4 Å². The third-order valence-electron chi connectivity index (χ3n) is 4.97. The highest BCUT2D eigenvalue weighted by molar-refractivity contribution is 5.89. The molecule has 3 aromatic carbocycles. The summed E-state index contributed by atoms with van der Waals surface area (Å²) in [6.07, 6.45) is 3.70. The van der Waals surface area contributed by atoms with Crippen molar-refractivity contribution in [1.29, 1.82) is 0 Å². The van der Waals surface area contributed by atoms with Gasteiger partial charge in [0.2, 0.25) is 0 Å². The largest absolute Gasteiger partial charge is 0.374 e. The van der Waals surface area contributed by atoms with E-state index in [1.807, 2.05) is 50.3 Å². The Hall–Kier alpha value is -3.40. The van der Waals surface area contributed by atoms with Crippen LogP contribution in [0.3, 0.4) is 0 Å². The van der Waals surface area contributed by atoms with E-state index < -0.39 is 6.04 Å². The fraction of sp³-hybridized carbons (Fsp3) is 0.231. The fourth-order valence-electron chi connectivity index (χ4n) is 3.17. The molecule has 0 aliphatic carbocycles. The zero-order chi connectivity index (χ0) is 21.5. The van der Waals surface area contributed by atoms with E-state index in [0.29, 0.717) is 5.92 Å². The summed E-state index contributed by atoms with van der Waals surface area (Å²) in [4.78, 5) is 12.3. The normalized spacial score (nSPS) is 13.0. The van der Waals surface area contributed by atoms with Gasteiger partial charge in [0, 0.05) is 5.69 Å². The number of hydrogen-bond donors (Lipinski definition) is 2. The SMILES string of the molecule is CC(/C=N/NC(=O)C(C)Nc1ccc2ccccc2c1)=C\c1ccc(C(C)C)cc1. The van der Waals surface area contributed by atoms with E-state index in [1.54, 1.807) is 6.21 Å². The smallest absolute Gasteiger partial charge is 0.262 e. The number of nitrogens with zero attached hydrogens (tertiary/aromatic N) is 1. The summed E-state index contributed by atoms with van der Waals surface area (Å²) in [6.45, 7) is 8.14. The Morgan fingerprint density at radius 2 is 1.63 bits per heavy atom. The average Bonchev–Trinajstić information content (AvgIpc) is 2.74. The first-order chi connectivity index (χ1) is 14.4. The van der Waals surface area contributed by atoms with E-state index in [4.69, 9.17) is 0 Å². The predicted octanol–water partition coefficient (Wildman–Crippen LogP) is 5.97. The Morgan fingerprint density at radius 3 is 2.33 bits per heavy atom. The number of nitrogens with one attached hydrogen (secondary N) is 2. The number of anilines is 1. The second-order valence-corrected chi connectivity index (χ2v) is 7.87. The lowest BCUT2D eigenvalue weighted by Gasteiger charge is -2.14. The van der Waals surface area contributed by atoms with Crippen LogP contribution in [-0.2, 0) is 4.79 Å². The molecule has 3 rings (SSSR count). The molecule has 0 heterocycles. The van der Waals surface area contributed by atoms with Crippen LogP contribution in [0.25, 0.3) is 16.8 Å². The standard InChI is InChI=1S/C26H29N3O/c1-18(2)22-11-9-21(10-12-22)15-19(3)17-27-29-26(30)20(4)28-25-14-13-23-7-5-6-8-24(23)16-25/h5-18,20,28H,1-4H3,(H,29,30)/b19-15+,27-17+. The third kappa shape index (κ3) is 5.80. The first-order valence-corrected chi connectivity index (χ1v) is 10.3. The molecule has 0 aliphatic heterocycles. The van der Waals surface area contributed by atoms with Crippen LogP contribution in [0.1, 0.15) is 44.7 Å². The molecule has 0 saturated heterocycles. The van der Waals surface area contributed by atoms with Gasteiger partial charge in [-0.3, -0.25) is 4.79 Å². The van der Waals surface area contributed by atoms with Crippen LogP contribution in [0.15, 0.2) is 77.4 Å². The van der Waals surface area contributed by atoms with Gasteiger partial charge >= 0.3 is 0 Å². The first kappa shape index (κ1) is 21.3. The zero-order valence-corrected chi connectivity index (χ0v) is 18.0. The minimum atomic E-state index is -0.406. The molecule has 3 aromatic rings. The summed E-state index contributed by atoms with van der Waals surface area (Å²) in [7, 11) is 0. The summed E-state index contributed by atoms with van der Waals surface area (Å²) in [5.41, 5.74) is 6.90. The highest BCUT2D eigenvalue weighted by Gasteiger charge is 2.11. The number of benzene rings is 3. The minimum Gasteiger partial charge on any atom is -0.374 e. The monoisotopic (exact) mass is 399 g/mol. The number of rotatable bonds is 7. The third-order valence-corrected chi connectivity index (χ3v) is 4.97. The molecular formula is C26H29N3O. The topological polar surface area (TPSA) is 53.5 Å². The van der Waals surface area contributed by atoms with Crippen LogP contribution < -0.4 is 10.7 Å². The molecule has 0 fully saturated rings. The Kier molecular flexibility index (Phi) is 7.02. The molecule has 154 valence electrons. The van der Waals surface area contributed by atoms with E-state index in [2.05, 4.69) is 66.1 Å². The lowest BCUT2D eigenvalue weighted by molar-refractivity contribution is -0.121. The maximum Gasteiger partial charge on any atom is 0.262 e. The van der Waals surface area contributed by atoms with Crippen molar-refractivity contribution in [2.75, 3.05) is 5.32 Å². The molecule has 0 aromatic heterocycles. The Labute approximate surface area is 178 Å². The van der Waals surface area contributed by atoms with Crippen molar-refractivity contribution >= 4 is 34.7 Å². The Balaban J connectivity index is 1.54. The molecule has 4 nitrogen and oxygen atoms in total. The van der Waals surface area contributed by atoms with E-state index in [0.717, 1.165) is 22.2 Å². The Morgan fingerprint density at radius 1 is 0.933 bits per heavy atom. The zero-order valence-electron chi connectivity index (χ0n) is 18.0. The van der Waals surface area contributed by atoms with Gasteiger partial charge in [-0.05, 0) is 59.4 Å². The summed E-state index contributed by atoms with van der Waals surface area (Å²) < 4.78 is 0. The van der Waals surface area contributed by atoms with Gasteiger partial charge in [0.25, 0.3) is 5.91 Å². The van der Waals surface area contributed by atoms with Crippen LogP contribution in [-0.4, -0.2) is 18.2 Å². The molecule has 1 atom stereocenters. The van der Waals surface area contributed by atoms with Crippen molar-refractivity contribution in [2.45, 2.75) is 39.7 Å². The quantitative estimate of drug-likeness (QED) is 0.380. The molecule has 0 spiro atoms. The fourth-order valence-corrected chi connectivity index (χ4v) is 3.17. The van der Waals surface area contributed by atoms with Crippen LogP contribution in [0.2, 0.25) is 0 Å². The van der Waals surface area contributed by atoms with Gasteiger partial charge in [0.15, 0.2) is 0 Å². The highest BCUT2D eigenvalue weighted by atomic mass is 16.2. The van der Waals surface area contributed by atoms with Crippen molar-refractivity contribution in [3.63, 3.8) is 0 Å². The highest BCUT2D eigenvalue weighted by Crippen LogP contribution is 2.19. The molecule has 2 N–H and O–H groups in total. The van der Waals surface area contributed by atoms with Gasteiger partial charge in [-0.2, -0.15) is 5.10 Å². The number of amides is 1. The number of carbonyl (C=O) groups excluding carboxylic acids is 1. The Bertz CT molecular complexity index is 1070. The average molecular weight is 400 g/mol. The lowest BCUT2D eigenvalue weighted by atomic mass is 10.0. The van der Waals surface area contributed by atoms with Crippen LogP contribution >= 0.6 is 0 Å². The summed E-state index contributed by atoms with van der Waals surface area (Å²) in [5.74, 6) is 0.333. The minimum absolute atomic E-state index is 0.187. The van der Waals surface area contributed by atoms with Gasteiger partial charge in [-0.1, -0.05) is 74.5 Å². The molecule has 30 heavy (non-hydrogen) atoms. The van der Waals surface area contributed by atoms with E-state index in [9.17, 15) is 4.79 Å². The number of hydrogen-bond acceptors (Lipinski definition) is 3. The number of allylic oxidation sites excluding steroid dienone is 1. The lowest BCUT2D eigenvalue weighted by Crippen LogP contribution is -2.34. The maximum absolute atomic E-state index is 12.3. The van der Waals surface area contributed by atoms with Gasteiger partial charge in [0.05, 0.1) is 6.21 Å². The number of carbonyl (C=O) groups is 1. The number of fused-ring (bicyclic) bond motifs is 1. The van der Waals surface area contributed by atoms with Crippen molar-refractivity contribution in [3.8, 4) is 0 Å². The molecule has 0 saturated carbocycles. The summed E-state index contributed by atoms with van der Waals surface area (Å²) >= 11 is 0. The van der Waals surface area contributed by atoms with Gasteiger partial charge < -0.3 is 5.32 Å². The van der Waals surface area contributed by atoms with Gasteiger partial charge in [0.1, 0.15) is 6.04 Å². The molecule has 0 bridgehead atoms. The van der Waals surface area contributed by atoms with E-state index >= 15 is 0 Å². The molecule has 1 unspecified atom stereocenters. The first-order valence-electron chi connectivity index (χ1n) is 10.3. The van der Waals surface area contributed by atoms with Crippen molar-refractivity contribution in [2.24, 2.45) is 5.10 Å². The van der Waals surface area contributed by atoms with Crippen molar-refractivity contribution in [1.82, 2.24) is 5.43 Å².